The highest BCUT2D eigenvalue weighted by Crippen LogP contribution is 2.18. The van der Waals surface area contributed by atoms with E-state index in [1.807, 2.05) is 18.8 Å². The van der Waals surface area contributed by atoms with Crippen LogP contribution in [-0.2, 0) is 13.5 Å². The average Bonchev–Trinajstić information content (AvgIpc) is 3.02. The van der Waals surface area contributed by atoms with Crippen molar-refractivity contribution in [2.45, 2.75) is 46.6 Å². The van der Waals surface area contributed by atoms with Crippen molar-refractivity contribution in [3.63, 3.8) is 0 Å². The van der Waals surface area contributed by atoms with Gasteiger partial charge in [-0.25, -0.2) is 0 Å². The molecule has 0 aliphatic carbocycles. The molecule has 1 aromatic heterocycles. The van der Waals surface area contributed by atoms with Crippen LogP contribution < -0.4 is 15.5 Å². The van der Waals surface area contributed by atoms with Crippen LogP contribution in [0.2, 0.25) is 0 Å². The standard InChI is InChI=1S/C25H41N7/c1-19-9-7-10-23(17-19)32-15-13-31(14-16-32)12-8-11-27-25(26-5)28-20(2)18-24-21(3)29-30(6)22(24)4/h7,9-10,17,20H,8,11-16,18H2,1-6H3,(H2,26,27,28). The smallest absolute Gasteiger partial charge is 0.191 e. The van der Waals surface area contributed by atoms with Crippen molar-refractivity contribution in [2.75, 3.05) is 51.2 Å². The molecule has 7 nitrogen and oxygen atoms in total. The summed E-state index contributed by atoms with van der Waals surface area (Å²) in [7, 11) is 3.85. The number of benzene rings is 1. The predicted octanol–water partition coefficient (Wildman–Crippen LogP) is 2.65. The Labute approximate surface area is 193 Å². The van der Waals surface area contributed by atoms with Gasteiger partial charge in [-0.1, -0.05) is 12.1 Å². The van der Waals surface area contributed by atoms with Gasteiger partial charge in [0, 0.05) is 64.2 Å². The largest absolute Gasteiger partial charge is 0.369 e. The maximum Gasteiger partial charge on any atom is 0.191 e. The van der Waals surface area contributed by atoms with Crippen LogP contribution in [0, 0.1) is 20.8 Å². The van der Waals surface area contributed by atoms with E-state index in [0.29, 0.717) is 0 Å². The van der Waals surface area contributed by atoms with Crippen LogP contribution in [0.1, 0.15) is 35.9 Å². The summed E-state index contributed by atoms with van der Waals surface area (Å²) < 4.78 is 1.96. The van der Waals surface area contributed by atoms with E-state index in [-0.39, 0.29) is 6.04 Å². The number of hydrogen-bond acceptors (Lipinski definition) is 4. The SMILES string of the molecule is CN=C(NCCCN1CCN(c2cccc(C)c2)CC1)NC(C)Cc1c(C)nn(C)c1C. The Morgan fingerprint density at radius 3 is 2.53 bits per heavy atom. The van der Waals surface area contributed by atoms with Gasteiger partial charge >= 0.3 is 0 Å². The summed E-state index contributed by atoms with van der Waals surface area (Å²) in [4.78, 5) is 9.48. The first kappa shape index (κ1) is 24.1. The quantitative estimate of drug-likeness (QED) is 0.376. The number of nitrogens with one attached hydrogen (secondary N) is 2. The number of rotatable bonds is 8. The van der Waals surface area contributed by atoms with Gasteiger partial charge in [-0.3, -0.25) is 14.6 Å². The lowest BCUT2D eigenvalue weighted by Gasteiger charge is -2.36. The van der Waals surface area contributed by atoms with Crippen LogP contribution in [0.3, 0.4) is 0 Å². The van der Waals surface area contributed by atoms with E-state index in [9.17, 15) is 0 Å². The zero-order chi connectivity index (χ0) is 23.1. The summed E-state index contributed by atoms with van der Waals surface area (Å²) in [6.07, 6.45) is 2.05. The minimum Gasteiger partial charge on any atom is -0.369 e. The molecule has 0 spiro atoms. The van der Waals surface area contributed by atoms with Gasteiger partial charge in [0.15, 0.2) is 5.96 Å². The van der Waals surface area contributed by atoms with Crippen LogP contribution >= 0.6 is 0 Å². The molecule has 2 aromatic rings. The summed E-state index contributed by atoms with van der Waals surface area (Å²) >= 11 is 0. The van der Waals surface area contributed by atoms with Crippen molar-refractivity contribution in [1.29, 1.82) is 0 Å². The molecule has 0 saturated carbocycles. The van der Waals surface area contributed by atoms with E-state index in [1.54, 1.807) is 0 Å². The summed E-state index contributed by atoms with van der Waals surface area (Å²) in [6.45, 7) is 15.1. The molecule has 32 heavy (non-hydrogen) atoms. The highest BCUT2D eigenvalue weighted by Gasteiger charge is 2.17. The van der Waals surface area contributed by atoms with Crippen LogP contribution in [0.5, 0.6) is 0 Å². The maximum absolute atomic E-state index is 4.53. The molecule has 1 aromatic carbocycles. The van der Waals surface area contributed by atoms with Gasteiger partial charge < -0.3 is 15.5 Å². The molecular weight excluding hydrogens is 398 g/mol. The summed E-state index contributed by atoms with van der Waals surface area (Å²) in [6, 6.07) is 9.12. The van der Waals surface area contributed by atoms with Crippen LogP contribution in [0.25, 0.3) is 0 Å². The number of anilines is 1. The zero-order valence-electron chi connectivity index (χ0n) is 20.8. The van der Waals surface area contributed by atoms with Gasteiger partial charge in [0.1, 0.15) is 0 Å². The minimum atomic E-state index is 0.289. The number of aryl methyl sites for hydroxylation is 3. The number of piperazine rings is 1. The molecule has 176 valence electrons. The van der Waals surface area contributed by atoms with Crippen molar-refractivity contribution in [2.24, 2.45) is 12.0 Å². The number of aromatic nitrogens is 2. The second-order valence-corrected chi connectivity index (χ2v) is 9.04. The summed E-state index contributed by atoms with van der Waals surface area (Å²) in [5.74, 6) is 0.876. The molecule has 0 bridgehead atoms. The lowest BCUT2D eigenvalue weighted by Crippen LogP contribution is -2.47. The third kappa shape index (κ3) is 6.48. The number of hydrogen-bond donors (Lipinski definition) is 2. The van der Waals surface area contributed by atoms with Crippen molar-refractivity contribution >= 4 is 11.6 Å². The first-order chi connectivity index (χ1) is 15.4. The molecule has 2 N–H and O–H groups in total. The van der Waals surface area contributed by atoms with E-state index in [4.69, 9.17) is 0 Å². The van der Waals surface area contributed by atoms with Crippen molar-refractivity contribution in [3.8, 4) is 0 Å². The zero-order valence-corrected chi connectivity index (χ0v) is 20.8. The van der Waals surface area contributed by atoms with Crippen LogP contribution in [0.15, 0.2) is 29.3 Å². The second kappa shape index (κ2) is 11.4. The van der Waals surface area contributed by atoms with Crippen molar-refractivity contribution < 1.29 is 0 Å². The second-order valence-electron chi connectivity index (χ2n) is 9.04. The molecule has 1 aliphatic rings. The Kier molecular flexibility index (Phi) is 8.56. The predicted molar refractivity (Wildman–Crippen MR) is 135 cm³/mol. The van der Waals surface area contributed by atoms with Gasteiger partial charge in [0.2, 0.25) is 0 Å². The normalized spacial score (nSPS) is 16.3. The monoisotopic (exact) mass is 439 g/mol. The van der Waals surface area contributed by atoms with Gasteiger partial charge in [0.05, 0.1) is 5.69 Å². The number of guanidine groups is 1. The molecular formula is C25H41N7. The van der Waals surface area contributed by atoms with Crippen molar-refractivity contribution in [3.05, 3.63) is 46.8 Å². The molecule has 1 fully saturated rings. The fraction of sp³-hybridized carbons (Fsp3) is 0.600. The van der Waals surface area contributed by atoms with Crippen LogP contribution in [0.4, 0.5) is 5.69 Å². The van der Waals surface area contributed by atoms with E-state index in [0.717, 1.165) is 63.8 Å². The summed E-state index contributed by atoms with van der Waals surface area (Å²) in [5, 5.41) is 11.5. The van der Waals surface area contributed by atoms with E-state index >= 15 is 0 Å². The lowest BCUT2D eigenvalue weighted by atomic mass is 10.1. The highest BCUT2D eigenvalue weighted by atomic mass is 15.3. The van der Waals surface area contributed by atoms with E-state index in [1.165, 1.54) is 22.5 Å². The number of aliphatic imine (C=N–C) groups is 1. The Morgan fingerprint density at radius 1 is 1.16 bits per heavy atom. The molecule has 0 radical (unpaired) electrons. The van der Waals surface area contributed by atoms with Crippen molar-refractivity contribution in [1.82, 2.24) is 25.3 Å². The van der Waals surface area contributed by atoms with E-state index < -0.39 is 0 Å². The molecule has 3 rings (SSSR count). The maximum atomic E-state index is 4.53. The van der Waals surface area contributed by atoms with Gasteiger partial charge in [-0.15, -0.1) is 0 Å². The molecule has 1 atom stereocenters. The Balaban J connectivity index is 1.35. The topological polar surface area (TPSA) is 60.7 Å². The first-order valence-electron chi connectivity index (χ1n) is 11.9. The number of nitrogens with zero attached hydrogens (tertiary/aromatic N) is 5. The Bertz CT molecular complexity index is 894. The van der Waals surface area contributed by atoms with E-state index in [2.05, 4.69) is 82.5 Å². The van der Waals surface area contributed by atoms with Crippen LogP contribution in [-0.4, -0.2) is 73.0 Å². The Hall–Kier alpha value is -2.54. The average molecular weight is 440 g/mol. The minimum absolute atomic E-state index is 0.289. The Morgan fingerprint density at radius 2 is 1.91 bits per heavy atom. The molecule has 7 heteroatoms. The first-order valence-corrected chi connectivity index (χ1v) is 11.9. The lowest BCUT2D eigenvalue weighted by molar-refractivity contribution is 0.255. The molecule has 1 aliphatic heterocycles. The third-order valence-corrected chi connectivity index (χ3v) is 6.46. The summed E-state index contributed by atoms with van der Waals surface area (Å²) in [5.41, 5.74) is 6.36. The molecule has 1 saturated heterocycles. The highest BCUT2D eigenvalue weighted by molar-refractivity contribution is 5.79. The molecule has 0 amide bonds. The van der Waals surface area contributed by atoms with Gasteiger partial charge in [-0.05, 0) is 70.3 Å². The fourth-order valence-corrected chi connectivity index (χ4v) is 4.46. The third-order valence-electron chi connectivity index (χ3n) is 6.46. The molecule has 1 unspecified atom stereocenters. The fourth-order valence-electron chi connectivity index (χ4n) is 4.46. The van der Waals surface area contributed by atoms with Gasteiger partial charge in [0.25, 0.3) is 0 Å². The molecule has 2 heterocycles. The van der Waals surface area contributed by atoms with Gasteiger partial charge in [-0.2, -0.15) is 5.10 Å².